The van der Waals surface area contributed by atoms with Crippen molar-refractivity contribution in [3.8, 4) is 0 Å². The maximum atomic E-state index is 16.4. The number of esters is 1. The Labute approximate surface area is 796 Å². The first-order chi connectivity index (χ1) is 65.5. The molecule has 0 bridgehead atoms. The van der Waals surface area contributed by atoms with Crippen LogP contribution in [0.15, 0.2) is 11.6 Å². The lowest BCUT2D eigenvalue weighted by Gasteiger charge is -2.71. The second-order valence-electron chi connectivity index (χ2n) is 41.9. The normalized spacial score (nSPS) is 54.6. The van der Waals surface area contributed by atoms with Gasteiger partial charge in [0.15, 0.2) is 62.7 Å². The Morgan fingerprint density at radius 1 is 0.374 bits per heavy atom. The summed E-state index contributed by atoms with van der Waals surface area (Å²) in [6, 6.07) is 0. The Morgan fingerprint density at radius 3 is 1.33 bits per heavy atom. The minimum absolute atomic E-state index is 0.0853. The van der Waals surface area contributed by atoms with E-state index in [1.165, 1.54) is 13.8 Å². The Morgan fingerprint density at radius 2 is 0.799 bits per heavy atom. The number of carbonyl (C=O) groups excluding carboxylic acids is 2. The van der Waals surface area contributed by atoms with E-state index in [0.717, 1.165) is 11.9 Å². The van der Waals surface area contributed by atoms with Gasteiger partial charge in [0.25, 0.3) is 0 Å². The quantitative estimate of drug-likeness (QED) is 0.0157. The number of ether oxygens (including phenoxy) is 20. The van der Waals surface area contributed by atoms with Crippen molar-refractivity contribution in [3.63, 3.8) is 0 Å². The topological polar surface area (TPSA) is 802 Å². The largest absolute Gasteiger partial charge is 0.479 e. The summed E-state index contributed by atoms with van der Waals surface area (Å²) < 4.78 is 123. The van der Waals surface area contributed by atoms with E-state index in [4.69, 9.17) is 94.7 Å². The molecule has 15 aliphatic rings. The molecule has 57 atom stereocenters. The van der Waals surface area contributed by atoms with Crippen LogP contribution in [0.4, 0.5) is 0 Å². The Balaban J connectivity index is 0.725. The third-order valence-electron chi connectivity index (χ3n) is 33.2. The van der Waals surface area contributed by atoms with Gasteiger partial charge in [-0.2, -0.15) is 0 Å². The van der Waals surface area contributed by atoms with Gasteiger partial charge in [-0.3, -0.25) is 4.79 Å². The molecule has 51 heteroatoms. The van der Waals surface area contributed by atoms with Crippen LogP contribution in [-0.4, -0.2) is 508 Å². The predicted octanol–water partition coefficient (Wildman–Crippen LogP) is -12.5. The van der Waals surface area contributed by atoms with E-state index in [2.05, 4.69) is 40.7 Å². The number of carboxylic acid groups (broad SMARTS) is 1. The maximum absolute atomic E-state index is 16.4. The first-order valence-corrected chi connectivity index (χ1v) is 47.5. The van der Waals surface area contributed by atoms with Crippen LogP contribution in [0.25, 0.3) is 0 Å². The molecule has 10 aliphatic heterocycles. The van der Waals surface area contributed by atoms with Crippen LogP contribution in [0.5, 0.6) is 0 Å². The van der Waals surface area contributed by atoms with Crippen LogP contribution in [0.1, 0.15) is 120 Å². The zero-order valence-corrected chi connectivity index (χ0v) is 77.6. The van der Waals surface area contributed by atoms with Gasteiger partial charge >= 0.3 is 11.9 Å². The van der Waals surface area contributed by atoms with Crippen molar-refractivity contribution in [2.24, 2.45) is 50.2 Å². The zero-order valence-electron chi connectivity index (χ0n) is 77.6. The van der Waals surface area contributed by atoms with Gasteiger partial charge in [0.05, 0.1) is 75.4 Å². The molecule has 0 aromatic heterocycles. The zero-order chi connectivity index (χ0) is 101. The standard InChI is InChI=1S/C88H140O51/c1-28-42(96)48(102)55(109)73(122-28)131-63-29(2)123-79(61(115)66(63)135-81-70(138-78-59(113)52(106)47(101)36(23-92)127-78)65(133-76-57(111)50(104)45(99)34(21-90)125-76)38(26-121-81)129-74-60(114)53(107)64(37(24-93)128-74)132-75-56(110)49(103)44(98)33(20-89)124-75)139-82(119)88-17-15-83(3,4)19-31(88)30-9-10-40-84(5)13-12-41(85(6,27-94)39(84)11-14-87(40,8)86(30,7)16-18-88)130-80-62(116)67(134-72-54(108)43(97)32(95)25-120-72)68(69(137-80)71(117)118)136-77-58(112)51(105)46(100)35(22-91)126-77/h9,27-29,31-70,72-81,89-93,95-116H,10-26H2,1-8H3,(H,117,118)/t28-,29-,31+,32-,33-,34+,35-,36+,37-,38+,39-,40+,41+,42-,43+,44-,45-,46-,47-,48+,49+,50-,51+,52+,53-,54+,55+,56+,57+,58-,59+,60-,61-,62-,63+,64-,65+,66-,67-,68+,69-,70+,72+,73-,74-,75-,76-,77-,78-,79-,80+,81+,84-,85+,86-,87-,88+/m1/s1. The number of aliphatic hydroxyl groups is 27. The van der Waals surface area contributed by atoms with Crippen LogP contribution in [0.3, 0.4) is 0 Å². The van der Waals surface area contributed by atoms with E-state index in [0.29, 0.717) is 44.9 Å². The average Bonchev–Trinajstić information content (AvgIpc) is 0.671. The smallest absolute Gasteiger partial charge is 0.335 e. The first kappa shape index (κ1) is 110. The van der Waals surface area contributed by atoms with Crippen molar-refractivity contribution in [1.29, 1.82) is 0 Å². The molecule has 14 fully saturated rings. The molecule has 0 unspecified atom stereocenters. The fourth-order valence-corrected chi connectivity index (χ4v) is 24.6. The second kappa shape index (κ2) is 42.9. The molecule has 10 heterocycles. The monoisotopic (exact) mass is 2010 g/mol. The number of hydrogen-bond acceptors (Lipinski definition) is 50. The highest BCUT2D eigenvalue weighted by Crippen LogP contribution is 2.76. The van der Waals surface area contributed by atoms with Gasteiger partial charge in [0.2, 0.25) is 6.29 Å². The van der Waals surface area contributed by atoms with Gasteiger partial charge in [-0.15, -0.1) is 0 Å². The molecule has 5 aliphatic carbocycles. The highest BCUT2D eigenvalue weighted by atomic mass is 16.8. The average molecular weight is 2010 g/mol. The van der Waals surface area contributed by atoms with Crippen molar-refractivity contribution in [1.82, 2.24) is 0 Å². The summed E-state index contributed by atoms with van der Waals surface area (Å²) in [4.78, 5) is 44.2. The molecule has 0 amide bonds. The van der Waals surface area contributed by atoms with Crippen molar-refractivity contribution in [2.75, 3.05) is 46.2 Å². The Hall–Kier alpha value is -3.49. The lowest BCUT2D eigenvalue weighted by molar-refractivity contribution is -0.414. The summed E-state index contributed by atoms with van der Waals surface area (Å²) in [5.74, 6) is -3.96. The number of aliphatic hydroxyl groups excluding tert-OH is 27. The molecule has 0 aromatic carbocycles. The molecule has 139 heavy (non-hydrogen) atoms. The molecule has 10 saturated heterocycles. The predicted molar refractivity (Wildman–Crippen MR) is 445 cm³/mol. The summed E-state index contributed by atoms with van der Waals surface area (Å²) >= 11 is 0. The van der Waals surface area contributed by atoms with Crippen molar-refractivity contribution in [3.05, 3.63) is 11.6 Å². The Kier molecular flexibility index (Phi) is 33.8. The molecule has 28 N–H and O–H groups in total. The molecular formula is C88H140O51. The molecule has 0 aromatic rings. The number of hydrogen-bond donors (Lipinski definition) is 28. The number of carboxylic acids is 1. The van der Waals surface area contributed by atoms with Gasteiger partial charge in [-0.25, -0.2) is 4.79 Å². The number of aldehydes is 1. The summed E-state index contributed by atoms with van der Waals surface area (Å²) in [5, 5.41) is 311. The highest BCUT2D eigenvalue weighted by Gasteiger charge is 2.73. The van der Waals surface area contributed by atoms with Gasteiger partial charge in [-0.05, 0) is 117 Å². The Bertz CT molecular complexity index is 4120. The summed E-state index contributed by atoms with van der Waals surface area (Å²) in [6.45, 7) is 8.27. The minimum atomic E-state index is -2.35. The van der Waals surface area contributed by atoms with Crippen LogP contribution in [0.2, 0.25) is 0 Å². The number of allylic oxidation sites excluding steroid dienone is 2. The number of fused-ring (bicyclic) bond motifs is 7. The lowest BCUT2D eigenvalue weighted by atomic mass is 9.33. The minimum Gasteiger partial charge on any atom is -0.479 e. The number of rotatable bonds is 27. The van der Waals surface area contributed by atoms with Crippen LogP contribution >= 0.6 is 0 Å². The summed E-state index contributed by atoms with van der Waals surface area (Å²) in [5.41, 5.74) is -4.44. The molecule has 0 radical (unpaired) electrons. The van der Waals surface area contributed by atoms with E-state index < -0.39 is 403 Å². The fraction of sp³-hybridized carbons (Fsp3) is 0.943. The highest BCUT2D eigenvalue weighted by molar-refractivity contribution is 5.79. The fourth-order valence-electron chi connectivity index (χ4n) is 24.6. The molecule has 51 nitrogen and oxygen atoms in total. The van der Waals surface area contributed by atoms with Crippen LogP contribution in [-0.2, 0) is 109 Å². The number of aliphatic carboxylic acids is 1. The van der Waals surface area contributed by atoms with Crippen molar-refractivity contribution in [2.45, 2.75) is 421 Å². The first-order valence-electron chi connectivity index (χ1n) is 47.5. The van der Waals surface area contributed by atoms with Crippen molar-refractivity contribution >= 4 is 18.2 Å². The van der Waals surface area contributed by atoms with Crippen LogP contribution in [0, 0.1) is 50.2 Å². The van der Waals surface area contributed by atoms with E-state index >= 15 is 4.79 Å². The number of carbonyl (C=O) groups is 3. The van der Waals surface area contributed by atoms with Gasteiger partial charge < -0.3 is 243 Å². The lowest BCUT2D eigenvalue weighted by Crippen LogP contribution is -2.69. The molecule has 0 spiro atoms. The van der Waals surface area contributed by atoms with E-state index in [1.807, 2.05) is 0 Å². The van der Waals surface area contributed by atoms with E-state index in [1.54, 1.807) is 6.92 Å². The van der Waals surface area contributed by atoms with E-state index in [9.17, 15) is 153 Å². The van der Waals surface area contributed by atoms with Crippen molar-refractivity contribution < 1.29 is 252 Å². The maximum Gasteiger partial charge on any atom is 0.335 e. The molecule has 4 saturated carbocycles. The van der Waals surface area contributed by atoms with Gasteiger partial charge in [-0.1, -0.05) is 53.2 Å². The van der Waals surface area contributed by atoms with Crippen LogP contribution < -0.4 is 0 Å². The van der Waals surface area contributed by atoms with E-state index in [-0.39, 0.29) is 25.2 Å². The second-order valence-corrected chi connectivity index (χ2v) is 41.9. The molecule has 15 rings (SSSR count). The third-order valence-corrected chi connectivity index (χ3v) is 33.2. The SMILES string of the molecule is C[C@H]1O[C@H](O[C@@H]2[C@H](O[C@@H]3OC[C@H](O[C@H]4O[C@H](CO)[C@@H](O[C@H]5O[C@H](CO)[C@@H](O)[C@H](O)[C@@H]5O)[C@H](O)[C@H]4O)[C@H](O[C@H]4O[C@@H](CO)[C@@H](O)[C@@H](O)[C@@H]4O)[C@@H]3O[C@H]3O[C@@H](CO)[C@@H](O)[C@H](O)[C@@H]3O)[C@@H](O)[C@@H](OC(=O)[C@]34CCC(C)(C)C[C@H]3C3=CC[C@H]5[C@]6(C)CC[C@H](O[C@H]7O[C@@H](C(=O)O)[C@@H](O[C@H]8O[C@H](CO)[C@@H](O)[C@H](O)[C@H]8O)[C@H](O[C@@H]8OC[C@@H](O)[C@H](O)[C@@H]8O)[C@H]7O)[C@@](C)(C=O)[C@@H]6CC[C@@]5(C)[C@]3(C)CC4)O[C@@H]2C)[C@@H](O)[C@@H](O)[C@@H]1O. The molecular weight excluding hydrogens is 1870 g/mol. The van der Waals surface area contributed by atoms with Gasteiger partial charge in [0.1, 0.15) is 220 Å². The van der Waals surface area contributed by atoms with Gasteiger partial charge in [0, 0.05) is 0 Å². The third kappa shape index (κ3) is 19.9. The molecule has 798 valence electrons. The summed E-state index contributed by atoms with van der Waals surface area (Å²) in [7, 11) is 0. The summed E-state index contributed by atoms with van der Waals surface area (Å²) in [6.07, 6.45) is -92.0.